The third-order valence-corrected chi connectivity index (χ3v) is 4.25. The minimum atomic E-state index is -0.309. The van der Waals surface area contributed by atoms with Gasteiger partial charge < -0.3 is 15.4 Å². The molecule has 0 aliphatic heterocycles. The Bertz CT molecular complexity index is 971. The van der Waals surface area contributed by atoms with Crippen molar-refractivity contribution < 1.29 is 9.53 Å². The number of aryl methyl sites for hydroxylation is 2. The largest absolute Gasteiger partial charge is 0.495 e. The lowest BCUT2D eigenvalue weighted by atomic mass is 10.1. The highest BCUT2D eigenvalue weighted by molar-refractivity contribution is 6.31. The molecule has 0 atom stereocenters. The first-order chi connectivity index (χ1) is 13.0. The van der Waals surface area contributed by atoms with E-state index in [1.54, 1.807) is 31.4 Å². The maximum Gasteiger partial charge on any atom is 0.274 e. The van der Waals surface area contributed by atoms with Gasteiger partial charge in [0.2, 0.25) is 5.95 Å². The Morgan fingerprint density at radius 1 is 1.11 bits per heavy atom. The molecule has 6 nitrogen and oxygen atoms in total. The van der Waals surface area contributed by atoms with Gasteiger partial charge in [0, 0.05) is 16.9 Å². The number of para-hydroxylation sites is 1. The summed E-state index contributed by atoms with van der Waals surface area (Å²) in [5.74, 6) is 0.550. The zero-order valence-corrected chi connectivity index (χ0v) is 16.0. The predicted octanol–water partition coefficient (Wildman–Crippen LogP) is 4.75. The van der Waals surface area contributed by atoms with Crippen LogP contribution in [0.5, 0.6) is 5.75 Å². The van der Waals surface area contributed by atoms with Crippen LogP contribution in [-0.4, -0.2) is 23.0 Å². The average Bonchev–Trinajstić information content (AvgIpc) is 2.65. The summed E-state index contributed by atoms with van der Waals surface area (Å²) in [6, 6.07) is 12.6. The SMILES string of the molecule is COc1ccc(Cl)cc1Nc1nccc(C(=O)Nc2c(C)cccc2C)n1. The molecule has 0 bridgehead atoms. The molecule has 0 aliphatic carbocycles. The van der Waals surface area contributed by atoms with Crippen molar-refractivity contribution >= 4 is 34.8 Å². The van der Waals surface area contributed by atoms with E-state index in [9.17, 15) is 4.79 Å². The molecule has 3 aromatic rings. The van der Waals surface area contributed by atoms with Gasteiger partial charge in [0.1, 0.15) is 11.4 Å². The second-order valence-corrected chi connectivity index (χ2v) is 6.39. The summed E-state index contributed by atoms with van der Waals surface area (Å²) in [6.45, 7) is 3.89. The van der Waals surface area contributed by atoms with Crippen molar-refractivity contribution in [1.29, 1.82) is 0 Å². The molecule has 0 spiro atoms. The third kappa shape index (κ3) is 4.35. The molecule has 0 saturated carbocycles. The summed E-state index contributed by atoms with van der Waals surface area (Å²) in [5, 5.41) is 6.49. The van der Waals surface area contributed by atoms with E-state index >= 15 is 0 Å². The van der Waals surface area contributed by atoms with E-state index in [4.69, 9.17) is 16.3 Å². The maximum absolute atomic E-state index is 12.6. The van der Waals surface area contributed by atoms with Crippen LogP contribution >= 0.6 is 11.6 Å². The highest BCUT2D eigenvalue weighted by Crippen LogP contribution is 2.29. The number of hydrogen-bond acceptors (Lipinski definition) is 5. The molecule has 7 heteroatoms. The van der Waals surface area contributed by atoms with Gasteiger partial charge in [-0.1, -0.05) is 29.8 Å². The number of ether oxygens (including phenoxy) is 1. The molecule has 0 radical (unpaired) electrons. The first-order valence-corrected chi connectivity index (χ1v) is 8.67. The van der Waals surface area contributed by atoms with E-state index in [0.29, 0.717) is 16.5 Å². The van der Waals surface area contributed by atoms with Crippen LogP contribution in [-0.2, 0) is 0 Å². The smallest absolute Gasteiger partial charge is 0.274 e. The standard InChI is InChI=1S/C20H19ClN4O2/c1-12-5-4-6-13(2)18(12)25-19(26)15-9-10-22-20(23-15)24-16-11-14(21)7-8-17(16)27-3/h4-11H,1-3H3,(H,25,26)(H,22,23,24). The molecule has 27 heavy (non-hydrogen) atoms. The Morgan fingerprint density at radius 2 is 1.85 bits per heavy atom. The summed E-state index contributed by atoms with van der Waals surface area (Å²) in [4.78, 5) is 21.1. The van der Waals surface area contributed by atoms with Gasteiger partial charge in [-0.25, -0.2) is 9.97 Å². The molecule has 0 fully saturated rings. The van der Waals surface area contributed by atoms with Crippen LogP contribution in [0, 0.1) is 13.8 Å². The predicted molar refractivity (Wildman–Crippen MR) is 107 cm³/mol. The van der Waals surface area contributed by atoms with E-state index in [-0.39, 0.29) is 17.5 Å². The highest BCUT2D eigenvalue weighted by Gasteiger charge is 2.13. The van der Waals surface area contributed by atoms with Gasteiger partial charge in [0.25, 0.3) is 5.91 Å². The number of rotatable bonds is 5. The second-order valence-electron chi connectivity index (χ2n) is 5.96. The normalized spacial score (nSPS) is 10.4. The first kappa shape index (κ1) is 18.7. The maximum atomic E-state index is 12.6. The minimum absolute atomic E-state index is 0.246. The lowest BCUT2D eigenvalue weighted by molar-refractivity contribution is 0.102. The van der Waals surface area contributed by atoms with Crippen molar-refractivity contribution in [3.63, 3.8) is 0 Å². The van der Waals surface area contributed by atoms with Crippen LogP contribution in [0.15, 0.2) is 48.7 Å². The molecule has 0 aliphatic rings. The highest BCUT2D eigenvalue weighted by atomic mass is 35.5. The topological polar surface area (TPSA) is 76.1 Å². The zero-order chi connectivity index (χ0) is 19.4. The summed E-state index contributed by atoms with van der Waals surface area (Å²) in [7, 11) is 1.56. The number of nitrogens with zero attached hydrogens (tertiary/aromatic N) is 2. The number of carbonyl (C=O) groups is 1. The summed E-state index contributed by atoms with van der Waals surface area (Å²) >= 11 is 6.04. The second kappa shape index (κ2) is 8.05. The van der Waals surface area contributed by atoms with Crippen LogP contribution in [0.4, 0.5) is 17.3 Å². The van der Waals surface area contributed by atoms with Crippen LogP contribution in [0.1, 0.15) is 21.6 Å². The number of halogens is 1. The lowest BCUT2D eigenvalue weighted by Gasteiger charge is -2.12. The Balaban J connectivity index is 1.83. The number of methoxy groups -OCH3 is 1. The number of hydrogen-bond donors (Lipinski definition) is 2. The fourth-order valence-electron chi connectivity index (χ4n) is 2.63. The Kier molecular flexibility index (Phi) is 5.57. The van der Waals surface area contributed by atoms with Crippen LogP contribution < -0.4 is 15.4 Å². The Labute approximate surface area is 162 Å². The van der Waals surface area contributed by atoms with Gasteiger partial charge in [-0.15, -0.1) is 0 Å². The van der Waals surface area contributed by atoms with Gasteiger partial charge in [-0.3, -0.25) is 4.79 Å². The Hall–Kier alpha value is -3.12. The molecule has 1 amide bonds. The van der Waals surface area contributed by atoms with E-state index in [1.807, 2.05) is 32.0 Å². The molecule has 3 rings (SSSR count). The van der Waals surface area contributed by atoms with Crippen LogP contribution in [0.25, 0.3) is 0 Å². The fraction of sp³-hybridized carbons (Fsp3) is 0.150. The molecular weight excluding hydrogens is 364 g/mol. The number of benzene rings is 2. The van der Waals surface area contributed by atoms with E-state index in [2.05, 4.69) is 20.6 Å². The van der Waals surface area contributed by atoms with Crippen LogP contribution in [0.3, 0.4) is 0 Å². The molecule has 1 heterocycles. The lowest BCUT2D eigenvalue weighted by Crippen LogP contribution is -2.16. The third-order valence-electron chi connectivity index (χ3n) is 4.02. The van der Waals surface area contributed by atoms with E-state index < -0.39 is 0 Å². The first-order valence-electron chi connectivity index (χ1n) is 8.29. The van der Waals surface area contributed by atoms with Gasteiger partial charge in [0.15, 0.2) is 0 Å². The van der Waals surface area contributed by atoms with Crippen molar-refractivity contribution in [1.82, 2.24) is 9.97 Å². The van der Waals surface area contributed by atoms with Crippen molar-refractivity contribution in [2.45, 2.75) is 13.8 Å². The average molecular weight is 383 g/mol. The van der Waals surface area contributed by atoms with Gasteiger partial charge in [-0.05, 0) is 49.2 Å². The number of aromatic nitrogens is 2. The number of amides is 1. The van der Waals surface area contributed by atoms with Crippen LogP contribution in [0.2, 0.25) is 5.02 Å². The molecule has 138 valence electrons. The monoisotopic (exact) mass is 382 g/mol. The van der Waals surface area contributed by atoms with E-state index in [1.165, 1.54) is 6.20 Å². The quantitative estimate of drug-likeness (QED) is 0.665. The van der Waals surface area contributed by atoms with Crippen molar-refractivity contribution in [2.75, 3.05) is 17.7 Å². The molecular formula is C20H19ClN4O2. The molecule has 2 aromatic carbocycles. The van der Waals surface area contributed by atoms with Gasteiger partial charge >= 0.3 is 0 Å². The molecule has 0 saturated heterocycles. The van der Waals surface area contributed by atoms with Crippen molar-refractivity contribution in [3.05, 3.63) is 70.5 Å². The van der Waals surface area contributed by atoms with Gasteiger partial charge in [-0.2, -0.15) is 0 Å². The fourth-order valence-corrected chi connectivity index (χ4v) is 2.81. The Morgan fingerprint density at radius 3 is 2.56 bits per heavy atom. The summed E-state index contributed by atoms with van der Waals surface area (Å²) < 4.78 is 5.30. The van der Waals surface area contributed by atoms with Gasteiger partial charge in [0.05, 0.1) is 12.8 Å². The van der Waals surface area contributed by atoms with Crippen molar-refractivity contribution in [2.24, 2.45) is 0 Å². The number of nitrogens with one attached hydrogen (secondary N) is 2. The minimum Gasteiger partial charge on any atom is -0.495 e. The van der Waals surface area contributed by atoms with Crippen molar-refractivity contribution in [3.8, 4) is 5.75 Å². The molecule has 2 N–H and O–H groups in total. The number of anilines is 3. The zero-order valence-electron chi connectivity index (χ0n) is 15.2. The molecule has 1 aromatic heterocycles. The summed E-state index contributed by atoms with van der Waals surface area (Å²) in [5.41, 5.74) is 3.61. The molecule has 0 unspecified atom stereocenters. The number of carbonyl (C=O) groups excluding carboxylic acids is 1. The summed E-state index contributed by atoms with van der Waals surface area (Å²) in [6.07, 6.45) is 1.52. The van der Waals surface area contributed by atoms with E-state index in [0.717, 1.165) is 16.8 Å².